The summed E-state index contributed by atoms with van der Waals surface area (Å²) >= 11 is 3.54. The Morgan fingerprint density at radius 1 is 0.958 bits per heavy atom. The van der Waals surface area contributed by atoms with Crippen molar-refractivity contribution in [3.05, 3.63) is 60.5 Å². The quantitative estimate of drug-likeness (QED) is 0.644. The van der Waals surface area contributed by atoms with Crippen molar-refractivity contribution in [1.82, 2.24) is 4.98 Å². The number of aromatic nitrogens is 1. The highest BCUT2D eigenvalue weighted by molar-refractivity contribution is 7.99. The number of thiazole rings is 1. The van der Waals surface area contributed by atoms with E-state index in [2.05, 4.69) is 34.1 Å². The molecule has 4 rings (SSSR count). The van der Waals surface area contributed by atoms with Gasteiger partial charge in [-0.25, -0.2) is 9.37 Å². The maximum Gasteiger partial charge on any atom is 0.133 e. The first-order chi connectivity index (χ1) is 11.8. The second-order valence-electron chi connectivity index (χ2n) is 5.66. The van der Waals surface area contributed by atoms with E-state index in [0.717, 1.165) is 28.5 Å². The molecule has 0 N–H and O–H groups in total. The SMILES string of the molecule is Fc1ccccc1-c1ncc(-c2ccc(N3CCSCC3)cc2)s1. The number of anilines is 1. The van der Waals surface area contributed by atoms with Crippen LogP contribution in [-0.2, 0) is 0 Å². The summed E-state index contributed by atoms with van der Waals surface area (Å²) in [7, 11) is 0. The Hall–Kier alpha value is -1.85. The molecule has 24 heavy (non-hydrogen) atoms. The Morgan fingerprint density at radius 3 is 2.46 bits per heavy atom. The lowest BCUT2D eigenvalue weighted by Crippen LogP contribution is -2.32. The normalized spacial score (nSPS) is 14.8. The van der Waals surface area contributed by atoms with Crippen LogP contribution in [0.25, 0.3) is 21.0 Å². The molecule has 0 spiro atoms. The fraction of sp³-hybridized carbons (Fsp3) is 0.211. The summed E-state index contributed by atoms with van der Waals surface area (Å²) in [5.74, 6) is 2.17. The molecule has 0 saturated carbocycles. The molecule has 2 aromatic carbocycles. The fourth-order valence-electron chi connectivity index (χ4n) is 2.82. The Labute approximate surface area is 149 Å². The van der Waals surface area contributed by atoms with Gasteiger partial charge in [-0.15, -0.1) is 11.3 Å². The van der Waals surface area contributed by atoms with Gasteiger partial charge in [0.2, 0.25) is 0 Å². The van der Waals surface area contributed by atoms with Crippen LogP contribution in [0.2, 0.25) is 0 Å². The molecule has 0 aliphatic carbocycles. The zero-order valence-electron chi connectivity index (χ0n) is 13.1. The van der Waals surface area contributed by atoms with Crippen LogP contribution < -0.4 is 4.90 Å². The standard InChI is InChI=1S/C19H17FN2S2/c20-17-4-2-1-3-16(17)19-21-13-18(24-19)14-5-7-15(8-6-14)22-9-11-23-12-10-22/h1-8,13H,9-12H2. The van der Waals surface area contributed by atoms with Crippen LogP contribution in [-0.4, -0.2) is 29.6 Å². The van der Waals surface area contributed by atoms with E-state index in [0.29, 0.717) is 5.56 Å². The number of nitrogens with zero attached hydrogens (tertiary/aromatic N) is 2. The number of halogens is 1. The van der Waals surface area contributed by atoms with Crippen LogP contribution in [0, 0.1) is 5.82 Å². The van der Waals surface area contributed by atoms with Crippen molar-refractivity contribution in [2.75, 3.05) is 29.5 Å². The minimum Gasteiger partial charge on any atom is -0.370 e. The lowest BCUT2D eigenvalue weighted by molar-refractivity contribution is 0.631. The summed E-state index contributed by atoms with van der Waals surface area (Å²) in [6, 6.07) is 15.4. The summed E-state index contributed by atoms with van der Waals surface area (Å²) in [4.78, 5) is 7.89. The predicted octanol–water partition coefficient (Wildman–Crippen LogP) is 5.17. The molecule has 0 bridgehead atoms. The van der Waals surface area contributed by atoms with E-state index < -0.39 is 0 Å². The van der Waals surface area contributed by atoms with E-state index in [1.807, 2.05) is 24.0 Å². The van der Waals surface area contributed by atoms with Crippen molar-refractivity contribution < 1.29 is 4.39 Å². The van der Waals surface area contributed by atoms with Crippen LogP contribution in [0.5, 0.6) is 0 Å². The average molecular weight is 356 g/mol. The Bertz CT molecular complexity index is 823. The molecule has 1 aliphatic rings. The van der Waals surface area contributed by atoms with Crippen molar-refractivity contribution in [2.24, 2.45) is 0 Å². The Balaban J connectivity index is 1.57. The summed E-state index contributed by atoms with van der Waals surface area (Å²) < 4.78 is 13.9. The van der Waals surface area contributed by atoms with Crippen LogP contribution in [0.15, 0.2) is 54.7 Å². The van der Waals surface area contributed by atoms with Gasteiger partial charge in [-0.3, -0.25) is 0 Å². The fourth-order valence-corrected chi connectivity index (χ4v) is 4.68. The molecule has 3 aromatic rings. The molecule has 1 aliphatic heterocycles. The summed E-state index contributed by atoms with van der Waals surface area (Å²) in [5.41, 5.74) is 2.97. The highest BCUT2D eigenvalue weighted by atomic mass is 32.2. The van der Waals surface area contributed by atoms with E-state index in [9.17, 15) is 4.39 Å². The molecule has 0 unspecified atom stereocenters. The number of hydrogen-bond donors (Lipinski definition) is 0. The minimum atomic E-state index is -0.225. The molecule has 0 atom stereocenters. The number of benzene rings is 2. The minimum absolute atomic E-state index is 0.225. The number of rotatable bonds is 3. The molecule has 0 amide bonds. The molecule has 5 heteroatoms. The smallest absolute Gasteiger partial charge is 0.133 e. The van der Waals surface area contributed by atoms with Gasteiger partial charge in [0.05, 0.1) is 4.88 Å². The third-order valence-corrected chi connectivity index (χ3v) is 6.16. The van der Waals surface area contributed by atoms with Gasteiger partial charge in [0, 0.05) is 42.0 Å². The number of thioether (sulfide) groups is 1. The van der Waals surface area contributed by atoms with Gasteiger partial charge in [0.15, 0.2) is 0 Å². The largest absolute Gasteiger partial charge is 0.370 e. The molecule has 1 fully saturated rings. The van der Waals surface area contributed by atoms with Crippen LogP contribution in [0.1, 0.15) is 0 Å². The predicted molar refractivity (Wildman–Crippen MR) is 102 cm³/mol. The molecule has 0 radical (unpaired) electrons. The first-order valence-electron chi connectivity index (χ1n) is 7.95. The van der Waals surface area contributed by atoms with Crippen molar-refractivity contribution in [3.8, 4) is 21.0 Å². The summed E-state index contributed by atoms with van der Waals surface area (Å²) in [6.07, 6.45) is 1.83. The van der Waals surface area contributed by atoms with Crippen molar-refractivity contribution >= 4 is 28.8 Å². The molecule has 122 valence electrons. The van der Waals surface area contributed by atoms with E-state index in [4.69, 9.17) is 0 Å². The molecule has 1 aromatic heterocycles. The monoisotopic (exact) mass is 356 g/mol. The van der Waals surface area contributed by atoms with Crippen molar-refractivity contribution in [1.29, 1.82) is 0 Å². The molecular formula is C19H17FN2S2. The summed E-state index contributed by atoms with van der Waals surface area (Å²) in [5, 5.41) is 0.722. The van der Waals surface area contributed by atoms with Gasteiger partial charge < -0.3 is 4.90 Å². The van der Waals surface area contributed by atoms with Gasteiger partial charge in [0.25, 0.3) is 0 Å². The van der Waals surface area contributed by atoms with E-state index in [-0.39, 0.29) is 5.82 Å². The first-order valence-corrected chi connectivity index (χ1v) is 9.92. The van der Waals surface area contributed by atoms with Crippen LogP contribution in [0.4, 0.5) is 10.1 Å². The summed E-state index contributed by atoms with van der Waals surface area (Å²) in [6.45, 7) is 2.23. The van der Waals surface area contributed by atoms with Gasteiger partial charge in [0.1, 0.15) is 10.8 Å². The molecule has 2 nitrogen and oxygen atoms in total. The van der Waals surface area contributed by atoms with Gasteiger partial charge in [-0.1, -0.05) is 24.3 Å². The average Bonchev–Trinajstić information content (AvgIpc) is 3.13. The van der Waals surface area contributed by atoms with E-state index >= 15 is 0 Å². The second kappa shape index (κ2) is 6.95. The lowest BCUT2D eigenvalue weighted by atomic mass is 10.1. The van der Waals surface area contributed by atoms with Crippen molar-refractivity contribution in [3.63, 3.8) is 0 Å². The van der Waals surface area contributed by atoms with Gasteiger partial charge in [-0.05, 0) is 29.8 Å². The van der Waals surface area contributed by atoms with Gasteiger partial charge >= 0.3 is 0 Å². The zero-order chi connectivity index (χ0) is 16.4. The second-order valence-corrected chi connectivity index (χ2v) is 7.91. The maximum absolute atomic E-state index is 13.9. The number of hydrogen-bond acceptors (Lipinski definition) is 4. The first kappa shape index (κ1) is 15.7. The van der Waals surface area contributed by atoms with Crippen LogP contribution in [0.3, 0.4) is 0 Å². The highest BCUT2D eigenvalue weighted by Crippen LogP contribution is 2.34. The topological polar surface area (TPSA) is 16.1 Å². The van der Waals surface area contributed by atoms with Crippen molar-refractivity contribution in [2.45, 2.75) is 0 Å². The third kappa shape index (κ3) is 3.19. The third-order valence-electron chi connectivity index (χ3n) is 4.14. The Kier molecular flexibility index (Phi) is 4.54. The zero-order valence-corrected chi connectivity index (χ0v) is 14.7. The van der Waals surface area contributed by atoms with Gasteiger partial charge in [-0.2, -0.15) is 11.8 Å². The molecule has 1 saturated heterocycles. The van der Waals surface area contributed by atoms with E-state index in [1.165, 1.54) is 34.6 Å². The molecular weight excluding hydrogens is 339 g/mol. The molecule has 2 heterocycles. The maximum atomic E-state index is 13.9. The van der Waals surface area contributed by atoms with E-state index in [1.54, 1.807) is 12.1 Å². The Morgan fingerprint density at radius 2 is 1.71 bits per heavy atom. The van der Waals surface area contributed by atoms with Crippen LogP contribution >= 0.6 is 23.1 Å². The highest BCUT2D eigenvalue weighted by Gasteiger charge is 2.13. The lowest BCUT2D eigenvalue weighted by Gasteiger charge is -2.28.